The van der Waals surface area contributed by atoms with E-state index in [2.05, 4.69) is 27.7 Å². The van der Waals surface area contributed by atoms with Crippen LogP contribution in [0, 0.1) is 11.8 Å². The second-order valence-corrected chi connectivity index (χ2v) is 4.12. The summed E-state index contributed by atoms with van der Waals surface area (Å²) in [7, 11) is 0. The average Bonchev–Trinajstić information content (AvgIpc) is 2.04. The molecule has 0 saturated carbocycles. The van der Waals surface area contributed by atoms with Crippen molar-refractivity contribution < 1.29 is 0 Å². The van der Waals surface area contributed by atoms with Crippen molar-refractivity contribution in [3.05, 3.63) is 0 Å². The number of nitrogens with two attached hydrogens (primary N) is 1. The smallest absolute Gasteiger partial charge is 0.00669 e. The number of rotatable bonds is 6. The normalized spacial score (nSPS) is 16.5. The molecular weight excluding hydrogens is 146 g/mol. The first-order valence-electron chi connectivity index (χ1n) is 5.39. The van der Waals surface area contributed by atoms with Crippen molar-refractivity contribution in [1.82, 2.24) is 0 Å². The van der Waals surface area contributed by atoms with Crippen LogP contribution in [0.3, 0.4) is 0 Å². The first-order valence-corrected chi connectivity index (χ1v) is 5.39. The van der Waals surface area contributed by atoms with Gasteiger partial charge < -0.3 is 5.73 Å². The summed E-state index contributed by atoms with van der Waals surface area (Å²) in [6, 6.07) is 0.413. The molecule has 0 aromatic rings. The standard InChI is InChI=1S/C11H25N/c1-5-7-8-10(9(3)4)11(12)6-2/h9-11H,5-8,12H2,1-4H3/t10-,11?/m1/s1. The fourth-order valence-corrected chi connectivity index (χ4v) is 1.78. The van der Waals surface area contributed by atoms with Crippen molar-refractivity contribution in [3.8, 4) is 0 Å². The van der Waals surface area contributed by atoms with Crippen molar-refractivity contribution in [2.75, 3.05) is 0 Å². The SMILES string of the molecule is CCCC[C@H](C(C)C)C(N)CC. The van der Waals surface area contributed by atoms with Gasteiger partial charge in [0.05, 0.1) is 0 Å². The van der Waals surface area contributed by atoms with Gasteiger partial charge in [0.15, 0.2) is 0 Å². The molecule has 0 bridgehead atoms. The first-order chi connectivity index (χ1) is 5.63. The maximum atomic E-state index is 6.06. The third kappa shape index (κ3) is 4.10. The molecule has 2 N–H and O–H groups in total. The number of hydrogen-bond acceptors (Lipinski definition) is 1. The van der Waals surface area contributed by atoms with E-state index >= 15 is 0 Å². The zero-order chi connectivity index (χ0) is 9.56. The maximum absolute atomic E-state index is 6.06. The summed E-state index contributed by atoms with van der Waals surface area (Å²) >= 11 is 0. The lowest BCUT2D eigenvalue weighted by atomic mass is 9.83. The Balaban J connectivity index is 3.85. The summed E-state index contributed by atoms with van der Waals surface area (Å²) in [6.07, 6.45) is 5.05. The van der Waals surface area contributed by atoms with Crippen LogP contribution in [0.5, 0.6) is 0 Å². The van der Waals surface area contributed by atoms with Crippen LogP contribution in [0.4, 0.5) is 0 Å². The zero-order valence-corrected chi connectivity index (χ0v) is 9.14. The van der Waals surface area contributed by atoms with Gasteiger partial charge in [-0.1, -0.05) is 40.5 Å². The van der Waals surface area contributed by atoms with Crippen LogP contribution in [-0.2, 0) is 0 Å². The van der Waals surface area contributed by atoms with E-state index in [1.54, 1.807) is 0 Å². The average molecular weight is 171 g/mol. The van der Waals surface area contributed by atoms with Gasteiger partial charge in [-0.25, -0.2) is 0 Å². The van der Waals surface area contributed by atoms with Crippen LogP contribution < -0.4 is 5.73 Å². The fraction of sp³-hybridized carbons (Fsp3) is 1.00. The van der Waals surface area contributed by atoms with Crippen LogP contribution in [0.1, 0.15) is 53.4 Å². The summed E-state index contributed by atoms with van der Waals surface area (Å²) in [4.78, 5) is 0. The van der Waals surface area contributed by atoms with E-state index in [0.717, 1.165) is 18.3 Å². The minimum absolute atomic E-state index is 0.413. The first kappa shape index (κ1) is 12.0. The summed E-state index contributed by atoms with van der Waals surface area (Å²) in [6.45, 7) is 9.01. The molecule has 0 fully saturated rings. The Hall–Kier alpha value is -0.0400. The quantitative estimate of drug-likeness (QED) is 0.652. The predicted octanol–water partition coefficient (Wildman–Crippen LogP) is 3.19. The Labute approximate surface area is 77.7 Å². The van der Waals surface area contributed by atoms with Crippen LogP contribution in [0.25, 0.3) is 0 Å². The maximum Gasteiger partial charge on any atom is 0.00669 e. The van der Waals surface area contributed by atoms with Crippen molar-refractivity contribution in [2.24, 2.45) is 17.6 Å². The van der Waals surface area contributed by atoms with E-state index in [9.17, 15) is 0 Å². The Bertz CT molecular complexity index is 99.2. The molecule has 0 aliphatic rings. The Morgan fingerprint density at radius 1 is 1.17 bits per heavy atom. The van der Waals surface area contributed by atoms with Gasteiger partial charge in [-0.05, 0) is 24.7 Å². The highest BCUT2D eigenvalue weighted by atomic mass is 14.6. The van der Waals surface area contributed by atoms with Crippen molar-refractivity contribution >= 4 is 0 Å². The fourth-order valence-electron chi connectivity index (χ4n) is 1.78. The molecule has 0 aliphatic heterocycles. The van der Waals surface area contributed by atoms with Crippen LogP contribution in [0.2, 0.25) is 0 Å². The molecule has 1 nitrogen and oxygen atoms in total. The highest BCUT2D eigenvalue weighted by Crippen LogP contribution is 2.22. The van der Waals surface area contributed by atoms with Gasteiger partial charge in [-0.3, -0.25) is 0 Å². The van der Waals surface area contributed by atoms with E-state index in [-0.39, 0.29) is 0 Å². The third-order valence-electron chi connectivity index (χ3n) is 2.77. The molecule has 1 heteroatoms. The lowest BCUT2D eigenvalue weighted by molar-refractivity contribution is 0.286. The lowest BCUT2D eigenvalue weighted by Gasteiger charge is -2.26. The van der Waals surface area contributed by atoms with Crippen LogP contribution in [-0.4, -0.2) is 6.04 Å². The summed E-state index contributed by atoms with van der Waals surface area (Å²) in [5.41, 5.74) is 6.06. The molecule has 0 aromatic carbocycles. The molecule has 0 saturated heterocycles. The molecule has 0 aromatic heterocycles. The highest BCUT2D eigenvalue weighted by Gasteiger charge is 2.18. The second kappa shape index (κ2) is 6.47. The molecule has 2 atom stereocenters. The van der Waals surface area contributed by atoms with Gasteiger partial charge in [-0.15, -0.1) is 0 Å². The molecule has 0 spiro atoms. The number of unbranched alkanes of at least 4 members (excludes halogenated alkanes) is 1. The van der Waals surface area contributed by atoms with E-state index in [0.29, 0.717) is 6.04 Å². The Morgan fingerprint density at radius 2 is 1.75 bits per heavy atom. The minimum Gasteiger partial charge on any atom is -0.327 e. The van der Waals surface area contributed by atoms with Crippen molar-refractivity contribution in [1.29, 1.82) is 0 Å². The molecule has 0 amide bonds. The van der Waals surface area contributed by atoms with E-state index in [1.807, 2.05) is 0 Å². The number of hydrogen-bond donors (Lipinski definition) is 1. The molecule has 0 heterocycles. The van der Waals surface area contributed by atoms with Gasteiger partial charge in [-0.2, -0.15) is 0 Å². The molecule has 12 heavy (non-hydrogen) atoms. The molecule has 74 valence electrons. The van der Waals surface area contributed by atoms with Crippen molar-refractivity contribution in [2.45, 2.75) is 59.4 Å². The topological polar surface area (TPSA) is 26.0 Å². The van der Waals surface area contributed by atoms with Gasteiger partial charge in [0.25, 0.3) is 0 Å². The predicted molar refractivity (Wildman–Crippen MR) is 56.1 cm³/mol. The highest BCUT2D eigenvalue weighted by molar-refractivity contribution is 4.74. The second-order valence-electron chi connectivity index (χ2n) is 4.12. The molecule has 0 rings (SSSR count). The van der Waals surface area contributed by atoms with Gasteiger partial charge in [0.1, 0.15) is 0 Å². The van der Waals surface area contributed by atoms with Crippen LogP contribution >= 0.6 is 0 Å². The summed E-state index contributed by atoms with van der Waals surface area (Å²) in [5.74, 6) is 1.47. The molecular formula is C11H25N. The third-order valence-corrected chi connectivity index (χ3v) is 2.77. The summed E-state index contributed by atoms with van der Waals surface area (Å²) < 4.78 is 0. The largest absolute Gasteiger partial charge is 0.327 e. The van der Waals surface area contributed by atoms with E-state index in [4.69, 9.17) is 5.73 Å². The Kier molecular flexibility index (Phi) is 6.45. The minimum atomic E-state index is 0.413. The molecule has 0 radical (unpaired) electrons. The van der Waals surface area contributed by atoms with E-state index in [1.165, 1.54) is 19.3 Å². The van der Waals surface area contributed by atoms with Gasteiger partial charge >= 0.3 is 0 Å². The lowest BCUT2D eigenvalue weighted by Crippen LogP contribution is -2.32. The van der Waals surface area contributed by atoms with Gasteiger partial charge in [0.2, 0.25) is 0 Å². The Morgan fingerprint density at radius 3 is 2.08 bits per heavy atom. The molecule has 1 unspecified atom stereocenters. The van der Waals surface area contributed by atoms with Gasteiger partial charge in [0, 0.05) is 6.04 Å². The van der Waals surface area contributed by atoms with Crippen LogP contribution in [0.15, 0.2) is 0 Å². The van der Waals surface area contributed by atoms with Crippen molar-refractivity contribution in [3.63, 3.8) is 0 Å². The zero-order valence-electron chi connectivity index (χ0n) is 9.14. The monoisotopic (exact) mass is 171 g/mol. The summed E-state index contributed by atoms with van der Waals surface area (Å²) in [5, 5.41) is 0. The van der Waals surface area contributed by atoms with E-state index < -0.39 is 0 Å². The molecule has 0 aliphatic carbocycles.